The lowest BCUT2D eigenvalue weighted by molar-refractivity contribution is -0.167. The zero-order valence-corrected chi connectivity index (χ0v) is 29.4. The lowest BCUT2D eigenvalue weighted by Gasteiger charge is -2.18. The normalized spacial score (nSPS) is 11.8. The highest BCUT2D eigenvalue weighted by Gasteiger charge is 2.19. The summed E-state index contributed by atoms with van der Waals surface area (Å²) in [6, 6.07) is 0. The van der Waals surface area contributed by atoms with Crippen molar-refractivity contribution < 1.29 is 28.6 Å². The molecule has 44 heavy (non-hydrogen) atoms. The summed E-state index contributed by atoms with van der Waals surface area (Å²) in [7, 11) is 0. The first-order valence-electron chi connectivity index (χ1n) is 19.0. The Kier molecular flexibility index (Phi) is 33.0. The molecule has 0 aliphatic carbocycles. The van der Waals surface area contributed by atoms with Crippen LogP contribution in [0.25, 0.3) is 0 Å². The van der Waals surface area contributed by atoms with Crippen LogP contribution in [0, 0.1) is 0 Å². The Labute approximate surface area is 272 Å². The molecule has 0 aromatic carbocycles. The monoisotopic (exact) mass is 625 g/mol. The van der Waals surface area contributed by atoms with Gasteiger partial charge in [0.05, 0.1) is 0 Å². The number of hydrogen-bond donors (Lipinski definition) is 0. The van der Waals surface area contributed by atoms with Gasteiger partial charge in [-0.25, -0.2) is 0 Å². The molecule has 0 saturated carbocycles. The number of hydrogen-bond acceptors (Lipinski definition) is 6. The topological polar surface area (TPSA) is 78.9 Å². The maximum atomic E-state index is 12.5. The minimum atomic E-state index is -0.754. The number of rotatable bonds is 34. The highest BCUT2D eigenvalue weighted by Crippen LogP contribution is 2.14. The number of ether oxygens (including phenoxy) is 3. The predicted octanol–water partition coefficient (Wildman–Crippen LogP) is 11.4. The molecule has 0 aromatic rings. The molecule has 0 rings (SSSR count). The van der Waals surface area contributed by atoms with Crippen LogP contribution >= 0.6 is 0 Å². The first-order valence-corrected chi connectivity index (χ1v) is 19.0. The second kappa shape index (κ2) is 34.3. The van der Waals surface area contributed by atoms with Crippen LogP contribution in [0.5, 0.6) is 0 Å². The van der Waals surface area contributed by atoms with Crippen LogP contribution in [-0.4, -0.2) is 37.2 Å². The number of carbonyl (C=O) groups is 3. The third-order valence-corrected chi connectivity index (χ3v) is 8.36. The molecule has 0 bridgehead atoms. The minimum absolute atomic E-state index is 0.0647. The number of carbonyl (C=O) groups excluding carboxylic acids is 3. The average molecular weight is 625 g/mol. The Morgan fingerprint density at radius 1 is 0.364 bits per heavy atom. The van der Waals surface area contributed by atoms with Crippen molar-refractivity contribution in [3.05, 3.63) is 0 Å². The van der Waals surface area contributed by atoms with Gasteiger partial charge in [0.15, 0.2) is 6.10 Å². The molecule has 260 valence electrons. The highest BCUT2D eigenvalue weighted by molar-refractivity contribution is 5.71. The van der Waals surface area contributed by atoms with Crippen LogP contribution in [0.4, 0.5) is 0 Å². The summed E-state index contributed by atoms with van der Waals surface area (Å²) in [4.78, 5) is 37.2. The minimum Gasteiger partial charge on any atom is -0.462 e. The van der Waals surface area contributed by atoms with Gasteiger partial charge in [-0.15, -0.1) is 0 Å². The molecule has 0 spiro atoms. The second-order valence-corrected chi connectivity index (χ2v) is 12.9. The Balaban J connectivity index is 4.34. The average Bonchev–Trinajstić information content (AvgIpc) is 3.02. The van der Waals surface area contributed by atoms with E-state index in [4.69, 9.17) is 14.2 Å². The van der Waals surface area contributed by atoms with Gasteiger partial charge in [-0.3, -0.25) is 14.4 Å². The summed E-state index contributed by atoms with van der Waals surface area (Å²) in [5.41, 5.74) is 0. The van der Waals surface area contributed by atoms with Crippen LogP contribution in [0.3, 0.4) is 0 Å². The van der Waals surface area contributed by atoms with Crippen LogP contribution in [0.1, 0.15) is 207 Å². The van der Waals surface area contributed by atoms with Crippen molar-refractivity contribution in [1.29, 1.82) is 0 Å². The van der Waals surface area contributed by atoms with Gasteiger partial charge in [0.1, 0.15) is 13.2 Å². The van der Waals surface area contributed by atoms with Crippen molar-refractivity contribution in [2.45, 2.75) is 213 Å². The predicted molar refractivity (Wildman–Crippen MR) is 183 cm³/mol. The van der Waals surface area contributed by atoms with Crippen molar-refractivity contribution in [3.8, 4) is 0 Å². The van der Waals surface area contributed by atoms with Crippen molar-refractivity contribution in [1.82, 2.24) is 0 Å². The maximum absolute atomic E-state index is 12.5. The van der Waals surface area contributed by atoms with E-state index in [1.807, 2.05) is 0 Å². The van der Waals surface area contributed by atoms with E-state index < -0.39 is 6.10 Å². The van der Waals surface area contributed by atoms with Gasteiger partial charge in [-0.2, -0.15) is 0 Å². The summed E-state index contributed by atoms with van der Waals surface area (Å²) in [6.45, 7) is 6.55. The van der Waals surface area contributed by atoms with Crippen LogP contribution in [0.2, 0.25) is 0 Å². The van der Waals surface area contributed by atoms with E-state index in [9.17, 15) is 14.4 Å². The van der Waals surface area contributed by atoms with Crippen LogP contribution < -0.4 is 0 Å². The fourth-order valence-electron chi connectivity index (χ4n) is 5.44. The van der Waals surface area contributed by atoms with E-state index in [0.717, 1.165) is 57.8 Å². The van der Waals surface area contributed by atoms with E-state index in [1.165, 1.54) is 109 Å². The van der Waals surface area contributed by atoms with Gasteiger partial charge in [0.25, 0.3) is 0 Å². The Morgan fingerprint density at radius 2 is 0.614 bits per heavy atom. The Morgan fingerprint density at radius 3 is 0.909 bits per heavy atom. The first-order chi connectivity index (χ1) is 21.5. The summed E-state index contributed by atoms with van der Waals surface area (Å²) in [5, 5.41) is 0. The van der Waals surface area contributed by atoms with Crippen molar-refractivity contribution >= 4 is 17.9 Å². The van der Waals surface area contributed by atoms with E-state index in [1.54, 1.807) is 0 Å². The fourth-order valence-corrected chi connectivity index (χ4v) is 5.44. The van der Waals surface area contributed by atoms with Crippen molar-refractivity contribution in [3.63, 3.8) is 0 Å². The lowest BCUT2D eigenvalue weighted by Crippen LogP contribution is -2.30. The third-order valence-electron chi connectivity index (χ3n) is 8.36. The van der Waals surface area contributed by atoms with Crippen LogP contribution in [0.15, 0.2) is 0 Å². The summed E-state index contributed by atoms with van der Waals surface area (Å²) < 4.78 is 16.5. The first kappa shape index (κ1) is 42.4. The molecule has 0 saturated heterocycles. The van der Waals surface area contributed by atoms with Gasteiger partial charge in [0.2, 0.25) is 0 Å². The maximum Gasteiger partial charge on any atom is 0.306 e. The van der Waals surface area contributed by atoms with Crippen molar-refractivity contribution in [2.75, 3.05) is 13.2 Å². The number of unbranched alkanes of at least 4 members (excludes halogenated alkanes) is 23. The summed E-state index contributed by atoms with van der Waals surface area (Å²) >= 11 is 0. The molecule has 0 aliphatic rings. The molecule has 6 heteroatoms. The molecule has 6 nitrogen and oxygen atoms in total. The van der Waals surface area contributed by atoms with Gasteiger partial charge in [0, 0.05) is 19.3 Å². The molecule has 0 radical (unpaired) electrons. The lowest BCUT2D eigenvalue weighted by atomic mass is 10.1. The SMILES string of the molecule is CCCCCCCCCCCC(=O)OCC(COC(=O)CCCCCCCCCC)OC(=O)CCCCCCCCCCC. The smallest absolute Gasteiger partial charge is 0.306 e. The molecule has 1 unspecified atom stereocenters. The van der Waals surface area contributed by atoms with Gasteiger partial charge < -0.3 is 14.2 Å². The molecule has 0 aliphatic heterocycles. The summed E-state index contributed by atoms with van der Waals surface area (Å²) in [6.07, 6.45) is 30.9. The second-order valence-electron chi connectivity index (χ2n) is 12.9. The van der Waals surface area contributed by atoms with E-state index in [2.05, 4.69) is 20.8 Å². The molecule has 0 fully saturated rings. The zero-order valence-electron chi connectivity index (χ0n) is 29.4. The van der Waals surface area contributed by atoms with Gasteiger partial charge in [-0.1, -0.05) is 168 Å². The molecule has 0 N–H and O–H groups in total. The van der Waals surface area contributed by atoms with Gasteiger partial charge >= 0.3 is 17.9 Å². The molecule has 0 heterocycles. The van der Waals surface area contributed by atoms with E-state index >= 15 is 0 Å². The Bertz CT molecular complexity index is 649. The molecular weight excluding hydrogens is 552 g/mol. The largest absolute Gasteiger partial charge is 0.462 e. The Hall–Kier alpha value is -1.59. The zero-order chi connectivity index (χ0) is 32.4. The number of esters is 3. The van der Waals surface area contributed by atoms with Gasteiger partial charge in [-0.05, 0) is 19.3 Å². The third kappa shape index (κ3) is 31.8. The fraction of sp³-hybridized carbons (Fsp3) is 0.921. The van der Waals surface area contributed by atoms with Crippen LogP contribution in [-0.2, 0) is 28.6 Å². The van der Waals surface area contributed by atoms with Crippen molar-refractivity contribution in [2.24, 2.45) is 0 Å². The molecular formula is C38H72O6. The van der Waals surface area contributed by atoms with E-state index in [0.29, 0.717) is 19.3 Å². The molecule has 1 atom stereocenters. The molecule has 0 aromatic heterocycles. The van der Waals surface area contributed by atoms with E-state index in [-0.39, 0.29) is 31.1 Å². The quantitative estimate of drug-likeness (QED) is 0.0402. The highest BCUT2D eigenvalue weighted by atomic mass is 16.6. The standard InChI is InChI=1S/C38H72O6/c1-4-7-10-13-16-19-22-25-28-31-37(40)43-34-35(33-42-36(39)30-27-24-21-18-15-12-9-6-3)44-38(41)32-29-26-23-20-17-14-11-8-5-2/h35H,4-34H2,1-3H3. The summed E-state index contributed by atoms with van der Waals surface area (Å²) in [5.74, 6) is -0.873. The molecule has 0 amide bonds.